The normalized spacial score (nSPS) is 10.2. The SMILES string of the molecule is O=C(CCNC(=O)c1ccsc1)NNC(=O)c1cc(-c2ccccc2)n[nH]1. The first-order chi connectivity index (χ1) is 13.1. The molecule has 2 aromatic heterocycles. The highest BCUT2D eigenvalue weighted by atomic mass is 32.1. The van der Waals surface area contributed by atoms with E-state index < -0.39 is 11.8 Å². The van der Waals surface area contributed by atoms with Crippen LogP contribution < -0.4 is 16.2 Å². The average Bonchev–Trinajstić information content (AvgIpc) is 3.38. The number of carbonyl (C=O) groups is 3. The van der Waals surface area contributed by atoms with Crippen molar-refractivity contribution in [2.75, 3.05) is 6.54 Å². The van der Waals surface area contributed by atoms with Crippen molar-refractivity contribution in [3.63, 3.8) is 0 Å². The Morgan fingerprint density at radius 3 is 2.59 bits per heavy atom. The Labute approximate surface area is 159 Å². The minimum absolute atomic E-state index is 0.0361. The van der Waals surface area contributed by atoms with Gasteiger partial charge >= 0.3 is 0 Å². The molecule has 0 aliphatic carbocycles. The third-order valence-corrected chi connectivity index (χ3v) is 4.31. The molecule has 2 heterocycles. The van der Waals surface area contributed by atoms with Crippen LogP contribution in [0, 0.1) is 0 Å². The Morgan fingerprint density at radius 2 is 1.85 bits per heavy atom. The number of nitrogens with one attached hydrogen (secondary N) is 4. The summed E-state index contributed by atoms with van der Waals surface area (Å²) in [6.07, 6.45) is 0.0361. The van der Waals surface area contributed by atoms with Gasteiger partial charge in [-0.3, -0.25) is 30.3 Å². The molecule has 0 saturated heterocycles. The first-order valence-corrected chi connectivity index (χ1v) is 9.08. The fourth-order valence-corrected chi connectivity index (χ4v) is 2.87. The summed E-state index contributed by atoms with van der Waals surface area (Å²) in [5.74, 6) is -1.17. The molecule has 4 N–H and O–H groups in total. The zero-order valence-electron chi connectivity index (χ0n) is 14.2. The van der Waals surface area contributed by atoms with E-state index in [9.17, 15) is 14.4 Å². The maximum atomic E-state index is 12.1. The predicted molar refractivity (Wildman–Crippen MR) is 101 cm³/mol. The first kappa shape index (κ1) is 18.3. The van der Waals surface area contributed by atoms with Crippen molar-refractivity contribution >= 4 is 29.1 Å². The quantitative estimate of drug-likeness (QED) is 0.485. The van der Waals surface area contributed by atoms with Gasteiger partial charge in [0.25, 0.3) is 11.8 Å². The van der Waals surface area contributed by atoms with Crippen molar-refractivity contribution in [1.82, 2.24) is 26.4 Å². The number of hydrogen-bond acceptors (Lipinski definition) is 5. The molecule has 27 heavy (non-hydrogen) atoms. The second-order valence-corrected chi connectivity index (χ2v) is 6.33. The molecule has 3 rings (SSSR count). The second kappa shape index (κ2) is 8.77. The van der Waals surface area contributed by atoms with Crippen LogP contribution in [0.5, 0.6) is 0 Å². The number of thiophene rings is 1. The summed E-state index contributed by atoms with van der Waals surface area (Å²) >= 11 is 1.42. The van der Waals surface area contributed by atoms with Crippen LogP contribution in [-0.2, 0) is 4.79 Å². The summed E-state index contributed by atoms with van der Waals surface area (Å²) in [6.45, 7) is 0.165. The molecule has 0 aliphatic rings. The van der Waals surface area contributed by atoms with Crippen LogP contribution in [0.4, 0.5) is 0 Å². The summed E-state index contributed by atoms with van der Waals surface area (Å²) in [5, 5.41) is 12.9. The number of aromatic nitrogens is 2. The zero-order valence-corrected chi connectivity index (χ0v) is 15.0. The van der Waals surface area contributed by atoms with Crippen LogP contribution in [0.2, 0.25) is 0 Å². The van der Waals surface area contributed by atoms with Gasteiger partial charge in [-0.05, 0) is 17.5 Å². The van der Waals surface area contributed by atoms with E-state index in [-0.39, 0.29) is 24.6 Å². The lowest BCUT2D eigenvalue weighted by atomic mass is 10.1. The molecule has 0 bridgehead atoms. The Kier molecular flexibility index (Phi) is 5.95. The Morgan fingerprint density at radius 1 is 1.04 bits per heavy atom. The smallest absolute Gasteiger partial charge is 0.287 e. The van der Waals surface area contributed by atoms with Gasteiger partial charge in [-0.2, -0.15) is 16.4 Å². The van der Waals surface area contributed by atoms with E-state index in [0.717, 1.165) is 5.56 Å². The molecule has 0 aliphatic heterocycles. The summed E-state index contributed by atoms with van der Waals surface area (Å²) in [4.78, 5) is 35.6. The van der Waals surface area contributed by atoms with Crippen molar-refractivity contribution in [3.05, 3.63) is 64.5 Å². The number of hydrogen-bond donors (Lipinski definition) is 4. The molecule has 3 amide bonds. The Hall–Kier alpha value is -3.46. The molecule has 0 unspecified atom stereocenters. The minimum atomic E-state index is -0.514. The van der Waals surface area contributed by atoms with Gasteiger partial charge in [-0.1, -0.05) is 30.3 Å². The number of hydrazine groups is 1. The summed E-state index contributed by atoms with van der Waals surface area (Å²) < 4.78 is 0. The molecule has 0 atom stereocenters. The van der Waals surface area contributed by atoms with Gasteiger partial charge in [0.15, 0.2) is 0 Å². The van der Waals surface area contributed by atoms with E-state index in [4.69, 9.17) is 0 Å². The van der Waals surface area contributed by atoms with Crippen LogP contribution in [-0.4, -0.2) is 34.5 Å². The third-order valence-electron chi connectivity index (χ3n) is 3.63. The second-order valence-electron chi connectivity index (χ2n) is 5.55. The molecule has 0 spiro atoms. The van der Waals surface area contributed by atoms with Crippen LogP contribution in [0.1, 0.15) is 27.3 Å². The summed E-state index contributed by atoms with van der Waals surface area (Å²) in [5.41, 5.74) is 6.89. The van der Waals surface area contributed by atoms with Crippen molar-refractivity contribution in [2.45, 2.75) is 6.42 Å². The van der Waals surface area contributed by atoms with Crippen LogP contribution in [0.25, 0.3) is 11.3 Å². The molecule has 0 fully saturated rings. The molecule has 8 nitrogen and oxygen atoms in total. The average molecular weight is 383 g/mol. The van der Waals surface area contributed by atoms with Crippen LogP contribution >= 0.6 is 11.3 Å². The van der Waals surface area contributed by atoms with Gasteiger partial charge < -0.3 is 5.32 Å². The Balaban J connectivity index is 1.42. The highest BCUT2D eigenvalue weighted by Gasteiger charge is 2.12. The van der Waals surface area contributed by atoms with Crippen LogP contribution in [0.15, 0.2) is 53.2 Å². The van der Waals surface area contributed by atoms with Crippen molar-refractivity contribution in [1.29, 1.82) is 0 Å². The molecule has 0 saturated carbocycles. The fraction of sp³-hybridized carbons (Fsp3) is 0.111. The number of H-pyrrole nitrogens is 1. The summed E-state index contributed by atoms with van der Waals surface area (Å²) in [7, 11) is 0. The molecule has 9 heteroatoms. The fourth-order valence-electron chi connectivity index (χ4n) is 2.24. The van der Waals surface area contributed by atoms with Gasteiger partial charge in [-0.25, -0.2) is 0 Å². The summed E-state index contributed by atoms with van der Waals surface area (Å²) in [6, 6.07) is 12.7. The monoisotopic (exact) mass is 383 g/mol. The number of benzene rings is 1. The van der Waals surface area contributed by atoms with E-state index in [0.29, 0.717) is 11.3 Å². The number of carbonyl (C=O) groups excluding carboxylic acids is 3. The first-order valence-electron chi connectivity index (χ1n) is 8.14. The molecule has 3 aromatic rings. The molecular weight excluding hydrogens is 366 g/mol. The Bertz CT molecular complexity index is 922. The predicted octanol–water partition coefficient (Wildman–Crippen LogP) is 1.72. The highest BCUT2D eigenvalue weighted by molar-refractivity contribution is 7.08. The molecule has 138 valence electrons. The lowest BCUT2D eigenvalue weighted by molar-refractivity contribution is -0.121. The van der Waals surface area contributed by atoms with E-state index in [1.165, 1.54) is 11.3 Å². The van der Waals surface area contributed by atoms with E-state index in [2.05, 4.69) is 26.4 Å². The van der Waals surface area contributed by atoms with Crippen molar-refractivity contribution in [3.8, 4) is 11.3 Å². The van der Waals surface area contributed by atoms with Gasteiger partial charge in [0.05, 0.1) is 5.69 Å². The number of aromatic amines is 1. The standard InChI is InChI=1S/C18H17N5O3S/c24-16(6-8-19-17(25)13-7-9-27-11-13)22-23-18(26)15-10-14(20-21-15)12-4-2-1-3-5-12/h1-5,7,9-11H,6,8H2,(H,19,25)(H,20,21)(H,22,24)(H,23,26). The number of rotatable bonds is 6. The lowest BCUT2D eigenvalue weighted by Gasteiger charge is -2.07. The number of amides is 3. The largest absolute Gasteiger partial charge is 0.351 e. The van der Waals surface area contributed by atoms with E-state index in [1.807, 2.05) is 30.3 Å². The zero-order chi connectivity index (χ0) is 19.1. The molecule has 1 aromatic carbocycles. The topological polar surface area (TPSA) is 116 Å². The van der Waals surface area contributed by atoms with Crippen molar-refractivity contribution in [2.24, 2.45) is 0 Å². The van der Waals surface area contributed by atoms with Crippen molar-refractivity contribution < 1.29 is 14.4 Å². The third kappa shape index (κ3) is 5.02. The number of nitrogens with zero attached hydrogens (tertiary/aromatic N) is 1. The maximum absolute atomic E-state index is 12.1. The van der Waals surface area contributed by atoms with E-state index >= 15 is 0 Å². The minimum Gasteiger partial charge on any atom is -0.351 e. The van der Waals surface area contributed by atoms with Gasteiger partial charge in [0.2, 0.25) is 5.91 Å². The molecular formula is C18H17N5O3S. The van der Waals surface area contributed by atoms with Gasteiger partial charge in [-0.15, -0.1) is 0 Å². The highest BCUT2D eigenvalue weighted by Crippen LogP contribution is 2.16. The lowest BCUT2D eigenvalue weighted by Crippen LogP contribution is -2.43. The van der Waals surface area contributed by atoms with Gasteiger partial charge in [0.1, 0.15) is 5.69 Å². The maximum Gasteiger partial charge on any atom is 0.287 e. The molecule has 0 radical (unpaired) electrons. The van der Waals surface area contributed by atoms with Gasteiger partial charge in [0, 0.05) is 29.5 Å². The van der Waals surface area contributed by atoms with Crippen LogP contribution in [0.3, 0.4) is 0 Å². The van der Waals surface area contributed by atoms with E-state index in [1.54, 1.807) is 22.9 Å².